The molecule has 2 aromatic carbocycles. The highest BCUT2D eigenvalue weighted by Gasteiger charge is 2.31. The van der Waals surface area contributed by atoms with Gasteiger partial charge in [0.2, 0.25) is 15.9 Å². The van der Waals surface area contributed by atoms with Crippen molar-refractivity contribution in [2.24, 2.45) is 0 Å². The fraction of sp³-hybridized carbons (Fsp3) is 0.350. The van der Waals surface area contributed by atoms with Crippen molar-refractivity contribution in [2.45, 2.75) is 17.9 Å². The molecule has 0 bridgehead atoms. The number of ether oxygens (including phenoxy) is 1. The summed E-state index contributed by atoms with van der Waals surface area (Å²) in [4.78, 5) is 14.9. The number of rotatable bonds is 6. The molecule has 1 atom stereocenters. The second-order valence-corrected chi connectivity index (χ2v) is 8.56. The highest BCUT2D eigenvalue weighted by molar-refractivity contribution is 7.89. The fourth-order valence-electron chi connectivity index (χ4n) is 3.22. The van der Waals surface area contributed by atoms with Gasteiger partial charge in [0.25, 0.3) is 0 Å². The van der Waals surface area contributed by atoms with Crippen LogP contribution in [-0.2, 0) is 14.8 Å². The lowest BCUT2D eigenvalue weighted by molar-refractivity contribution is -0.121. The van der Waals surface area contributed by atoms with Gasteiger partial charge in [-0.15, -0.1) is 0 Å². The van der Waals surface area contributed by atoms with E-state index in [4.69, 9.17) is 4.74 Å². The van der Waals surface area contributed by atoms with Crippen molar-refractivity contribution in [3.8, 4) is 5.75 Å². The van der Waals surface area contributed by atoms with Crippen LogP contribution in [0.3, 0.4) is 0 Å². The maximum absolute atomic E-state index is 12.7. The monoisotopic (exact) mass is 403 g/mol. The van der Waals surface area contributed by atoms with Gasteiger partial charge in [-0.05, 0) is 31.2 Å². The van der Waals surface area contributed by atoms with Crippen molar-refractivity contribution in [3.63, 3.8) is 0 Å². The standard InChI is InChI=1S/C20H25N3O4S/c1-16(20(24)21-18-10-6-7-11-19(18)27-2)22-12-14-23(15-13-22)28(25,26)17-8-4-3-5-9-17/h3-11,16H,12-15H2,1-2H3,(H,21,24)/t16-/m0/s1. The quantitative estimate of drug-likeness (QED) is 0.798. The maximum atomic E-state index is 12.7. The van der Waals surface area contributed by atoms with E-state index >= 15 is 0 Å². The molecule has 0 aliphatic carbocycles. The number of nitrogens with one attached hydrogen (secondary N) is 1. The molecule has 1 aliphatic rings. The molecule has 1 fully saturated rings. The highest BCUT2D eigenvalue weighted by Crippen LogP contribution is 2.24. The van der Waals surface area contributed by atoms with Gasteiger partial charge < -0.3 is 10.1 Å². The van der Waals surface area contributed by atoms with Crippen LogP contribution in [-0.4, -0.2) is 62.9 Å². The smallest absolute Gasteiger partial charge is 0.243 e. The lowest BCUT2D eigenvalue weighted by Crippen LogP contribution is -2.53. The van der Waals surface area contributed by atoms with Gasteiger partial charge in [-0.2, -0.15) is 4.31 Å². The number of hydrogen-bond donors (Lipinski definition) is 1. The first-order chi connectivity index (χ1) is 13.4. The van der Waals surface area contributed by atoms with E-state index in [1.807, 2.05) is 24.0 Å². The van der Waals surface area contributed by atoms with Gasteiger partial charge in [0, 0.05) is 26.2 Å². The number of piperazine rings is 1. The Morgan fingerprint density at radius 1 is 1.00 bits per heavy atom. The Kier molecular flexibility index (Phi) is 6.33. The summed E-state index contributed by atoms with van der Waals surface area (Å²) >= 11 is 0. The molecular formula is C20H25N3O4S. The van der Waals surface area contributed by atoms with Crippen LogP contribution in [0.4, 0.5) is 5.69 Å². The molecule has 0 spiro atoms. The Bertz CT molecular complexity index is 910. The summed E-state index contributed by atoms with van der Waals surface area (Å²) in [5.74, 6) is 0.450. The van der Waals surface area contributed by atoms with E-state index in [9.17, 15) is 13.2 Å². The van der Waals surface area contributed by atoms with Gasteiger partial charge in [-0.1, -0.05) is 30.3 Å². The SMILES string of the molecule is COc1ccccc1NC(=O)[C@H](C)N1CCN(S(=O)(=O)c2ccccc2)CC1. The fourth-order valence-corrected chi connectivity index (χ4v) is 4.67. The number of nitrogens with zero attached hydrogens (tertiary/aromatic N) is 2. The zero-order chi connectivity index (χ0) is 20.1. The number of methoxy groups -OCH3 is 1. The van der Waals surface area contributed by atoms with E-state index < -0.39 is 10.0 Å². The first-order valence-electron chi connectivity index (χ1n) is 9.16. The number of para-hydroxylation sites is 2. The van der Waals surface area contributed by atoms with Crippen molar-refractivity contribution >= 4 is 21.6 Å². The van der Waals surface area contributed by atoms with Gasteiger partial charge in [-0.25, -0.2) is 8.42 Å². The molecule has 1 amide bonds. The third-order valence-electron chi connectivity index (χ3n) is 4.95. The van der Waals surface area contributed by atoms with Gasteiger partial charge >= 0.3 is 0 Å². The van der Waals surface area contributed by atoms with Crippen LogP contribution >= 0.6 is 0 Å². The molecule has 28 heavy (non-hydrogen) atoms. The number of carbonyl (C=O) groups excluding carboxylic acids is 1. The lowest BCUT2D eigenvalue weighted by Gasteiger charge is -2.36. The maximum Gasteiger partial charge on any atom is 0.243 e. The minimum atomic E-state index is -3.50. The topological polar surface area (TPSA) is 79.0 Å². The number of anilines is 1. The Balaban J connectivity index is 1.60. The summed E-state index contributed by atoms with van der Waals surface area (Å²) in [5, 5.41) is 2.89. The third kappa shape index (κ3) is 4.35. The van der Waals surface area contributed by atoms with Gasteiger partial charge in [-0.3, -0.25) is 9.69 Å². The summed E-state index contributed by atoms with van der Waals surface area (Å²) in [5.41, 5.74) is 0.618. The minimum Gasteiger partial charge on any atom is -0.495 e. The molecule has 1 aliphatic heterocycles. The molecule has 1 saturated heterocycles. The Morgan fingerprint density at radius 3 is 2.25 bits per heavy atom. The number of carbonyl (C=O) groups is 1. The second-order valence-electron chi connectivity index (χ2n) is 6.62. The van der Waals surface area contributed by atoms with E-state index in [1.165, 1.54) is 4.31 Å². The van der Waals surface area contributed by atoms with Gasteiger partial charge in [0.05, 0.1) is 23.7 Å². The zero-order valence-electron chi connectivity index (χ0n) is 16.0. The predicted molar refractivity (Wildman–Crippen MR) is 108 cm³/mol. The minimum absolute atomic E-state index is 0.149. The average Bonchev–Trinajstić information content (AvgIpc) is 2.74. The molecule has 0 aromatic heterocycles. The van der Waals surface area contributed by atoms with Crippen LogP contribution in [0.1, 0.15) is 6.92 Å². The van der Waals surface area contributed by atoms with Crippen molar-refractivity contribution < 1.29 is 17.9 Å². The summed E-state index contributed by atoms with van der Waals surface area (Å²) in [6.07, 6.45) is 0. The largest absolute Gasteiger partial charge is 0.495 e. The summed E-state index contributed by atoms with van der Waals surface area (Å²) < 4.78 is 32.2. The first kappa shape index (κ1) is 20.3. The summed E-state index contributed by atoms with van der Waals surface area (Å²) in [6, 6.07) is 15.3. The molecule has 3 rings (SSSR count). The molecular weight excluding hydrogens is 378 g/mol. The van der Waals surface area contributed by atoms with Crippen LogP contribution in [0.5, 0.6) is 5.75 Å². The molecule has 1 N–H and O–H groups in total. The zero-order valence-corrected chi connectivity index (χ0v) is 16.9. The molecule has 1 heterocycles. The molecule has 0 saturated carbocycles. The number of hydrogen-bond acceptors (Lipinski definition) is 5. The molecule has 7 nitrogen and oxygen atoms in total. The van der Waals surface area contributed by atoms with Gasteiger partial charge in [0.1, 0.15) is 5.75 Å². The normalized spacial score (nSPS) is 17.1. The van der Waals surface area contributed by atoms with E-state index in [0.29, 0.717) is 42.5 Å². The van der Waals surface area contributed by atoms with Gasteiger partial charge in [0.15, 0.2) is 0 Å². The average molecular weight is 404 g/mol. The Hall–Kier alpha value is -2.42. The third-order valence-corrected chi connectivity index (χ3v) is 6.86. The van der Waals surface area contributed by atoms with E-state index in [0.717, 1.165) is 0 Å². The Labute approximate surface area is 166 Å². The van der Waals surface area contributed by atoms with Crippen molar-refractivity contribution in [3.05, 3.63) is 54.6 Å². The van der Waals surface area contributed by atoms with Crippen LogP contribution in [0.2, 0.25) is 0 Å². The van der Waals surface area contributed by atoms with Crippen LogP contribution < -0.4 is 10.1 Å². The first-order valence-corrected chi connectivity index (χ1v) is 10.6. The van der Waals surface area contributed by atoms with Crippen LogP contribution in [0.15, 0.2) is 59.5 Å². The number of sulfonamides is 1. The number of amides is 1. The second kappa shape index (κ2) is 8.72. The number of benzene rings is 2. The molecule has 0 unspecified atom stereocenters. The van der Waals surface area contributed by atoms with E-state index in [2.05, 4.69) is 5.32 Å². The lowest BCUT2D eigenvalue weighted by atomic mass is 10.2. The predicted octanol–water partition coefficient (Wildman–Crippen LogP) is 2.03. The highest BCUT2D eigenvalue weighted by atomic mass is 32.2. The molecule has 0 radical (unpaired) electrons. The van der Waals surface area contributed by atoms with Crippen molar-refractivity contribution in [2.75, 3.05) is 38.6 Å². The van der Waals surface area contributed by atoms with Crippen LogP contribution in [0.25, 0.3) is 0 Å². The summed E-state index contributed by atoms with van der Waals surface area (Å²) in [7, 11) is -1.94. The van der Waals surface area contributed by atoms with E-state index in [-0.39, 0.29) is 11.9 Å². The molecule has 2 aromatic rings. The molecule has 8 heteroatoms. The van der Waals surface area contributed by atoms with Crippen molar-refractivity contribution in [1.29, 1.82) is 0 Å². The summed E-state index contributed by atoms with van der Waals surface area (Å²) in [6.45, 7) is 3.51. The van der Waals surface area contributed by atoms with Crippen LogP contribution in [0, 0.1) is 0 Å². The molecule has 150 valence electrons. The Morgan fingerprint density at radius 2 is 1.61 bits per heavy atom. The van der Waals surface area contributed by atoms with Crippen molar-refractivity contribution in [1.82, 2.24) is 9.21 Å². The van der Waals surface area contributed by atoms with E-state index in [1.54, 1.807) is 49.6 Å².